The van der Waals surface area contributed by atoms with Gasteiger partial charge in [0, 0.05) is 41.5 Å². The van der Waals surface area contributed by atoms with Crippen LogP contribution in [0.5, 0.6) is 0 Å². The van der Waals surface area contributed by atoms with Crippen molar-refractivity contribution in [1.29, 1.82) is 0 Å². The number of benzene rings is 2. The zero-order valence-corrected chi connectivity index (χ0v) is 18.0. The molecule has 0 bridgehead atoms. The van der Waals surface area contributed by atoms with Gasteiger partial charge in [-0.1, -0.05) is 6.07 Å². The molecule has 4 aromatic rings. The molecule has 4 rings (SSSR count). The van der Waals surface area contributed by atoms with Gasteiger partial charge < -0.3 is 10.6 Å². The summed E-state index contributed by atoms with van der Waals surface area (Å²) in [7, 11) is 0. The van der Waals surface area contributed by atoms with Crippen LogP contribution in [-0.4, -0.2) is 27.5 Å². The maximum absolute atomic E-state index is 13.2. The Hall–Kier alpha value is -3.85. The average molecular weight is 450 g/mol. The van der Waals surface area contributed by atoms with Gasteiger partial charge in [-0.2, -0.15) is 0 Å². The van der Waals surface area contributed by atoms with E-state index in [1.165, 1.54) is 16.7 Å². The van der Waals surface area contributed by atoms with Crippen molar-refractivity contribution >= 4 is 29.3 Å². The van der Waals surface area contributed by atoms with Gasteiger partial charge in [0.05, 0.1) is 11.4 Å². The average Bonchev–Trinajstić information content (AvgIpc) is 3.16. The number of amides is 1. The fourth-order valence-corrected chi connectivity index (χ4v) is 4.29. The van der Waals surface area contributed by atoms with E-state index < -0.39 is 0 Å². The maximum Gasteiger partial charge on any atom is 0.297 e. The van der Waals surface area contributed by atoms with E-state index in [9.17, 15) is 14.0 Å². The van der Waals surface area contributed by atoms with E-state index in [2.05, 4.69) is 20.6 Å². The quantitative estimate of drug-likeness (QED) is 0.397. The summed E-state index contributed by atoms with van der Waals surface area (Å²) in [6.45, 7) is 2.44. The second kappa shape index (κ2) is 9.52. The van der Waals surface area contributed by atoms with Crippen LogP contribution in [0.1, 0.15) is 10.6 Å². The van der Waals surface area contributed by atoms with Gasteiger partial charge in [-0.15, -0.1) is 11.3 Å². The number of nitrogens with one attached hydrogen (secondary N) is 2. The van der Waals surface area contributed by atoms with Crippen LogP contribution in [0.2, 0.25) is 0 Å². The Labute approximate surface area is 187 Å². The number of thiazole rings is 1. The SMILES string of the molecule is Cc1nc(-c2ccc(F)cc2)sc1CCNc1nccn(-c2cccc(NC=O)c2)c1=O. The Morgan fingerprint density at radius 3 is 2.78 bits per heavy atom. The van der Waals surface area contributed by atoms with Crippen LogP contribution < -0.4 is 16.2 Å². The highest BCUT2D eigenvalue weighted by Gasteiger charge is 2.11. The molecule has 0 spiro atoms. The van der Waals surface area contributed by atoms with Gasteiger partial charge in [0.25, 0.3) is 5.56 Å². The lowest BCUT2D eigenvalue weighted by Gasteiger charge is -2.10. The number of aromatic nitrogens is 3. The highest BCUT2D eigenvalue weighted by Crippen LogP contribution is 2.28. The molecule has 2 heterocycles. The van der Waals surface area contributed by atoms with Crippen molar-refractivity contribution in [2.24, 2.45) is 0 Å². The van der Waals surface area contributed by atoms with Gasteiger partial charge in [-0.3, -0.25) is 14.2 Å². The Morgan fingerprint density at radius 2 is 2.00 bits per heavy atom. The molecule has 7 nitrogen and oxygen atoms in total. The maximum atomic E-state index is 13.2. The van der Waals surface area contributed by atoms with Crippen LogP contribution >= 0.6 is 11.3 Å². The number of anilines is 2. The van der Waals surface area contributed by atoms with E-state index in [1.807, 2.05) is 6.92 Å². The summed E-state index contributed by atoms with van der Waals surface area (Å²) in [5.41, 5.74) is 2.71. The molecule has 32 heavy (non-hydrogen) atoms. The summed E-state index contributed by atoms with van der Waals surface area (Å²) in [6.07, 6.45) is 4.38. The number of hydrogen-bond acceptors (Lipinski definition) is 6. The Balaban J connectivity index is 1.47. The first kappa shape index (κ1) is 21.4. The van der Waals surface area contributed by atoms with E-state index in [0.717, 1.165) is 21.1 Å². The summed E-state index contributed by atoms with van der Waals surface area (Å²) in [5.74, 6) is -0.0404. The van der Waals surface area contributed by atoms with Crippen LogP contribution in [0.4, 0.5) is 15.9 Å². The molecule has 0 atom stereocenters. The molecule has 2 aromatic carbocycles. The molecule has 0 fully saturated rings. The molecule has 0 aliphatic heterocycles. The van der Waals surface area contributed by atoms with Crippen LogP contribution in [-0.2, 0) is 11.2 Å². The van der Waals surface area contributed by atoms with Gasteiger partial charge in [0.2, 0.25) is 6.41 Å². The molecule has 2 aromatic heterocycles. The van der Waals surface area contributed by atoms with Gasteiger partial charge in [0.1, 0.15) is 10.8 Å². The third-order valence-electron chi connectivity index (χ3n) is 4.82. The zero-order valence-electron chi connectivity index (χ0n) is 17.2. The molecule has 0 aliphatic carbocycles. The summed E-state index contributed by atoms with van der Waals surface area (Å²) < 4.78 is 14.6. The normalized spacial score (nSPS) is 10.7. The Bertz CT molecular complexity index is 1300. The largest absolute Gasteiger partial charge is 0.365 e. The van der Waals surface area contributed by atoms with Crippen molar-refractivity contribution in [3.05, 3.63) is 87.7 Å². The summed E-state index contributed by atoms with van der Waals surface area (Å²) in [6, 6.07) is 13.2. The van der Waals surface area contributed by atoms with Gasteiger partial charge in [-0.05, 0) is 49.4 Å². The first-order valence-electron chi connectivity index (χ1n) is 9.89. The molecular weight excluding hydrogens is 429 g/mol. The fraction of sp³-hybridized carbons (Fsp3) is 0.130. The molecule has 0 saturated heterocycles. The van der Waals surface area contributed by atoms with Crippen molar-refractivity contribution in [3.8, 4) is 16.3 Å². The number of nitrogens with zero attached hydrogens (tertiary/aromatic N) is 3. The lowest BCUT2D eigenvalue weighted by atomic mass is 10.2. The number of carbonyl (C=O) groups excluding carboxylic acids is 1. The predicted octanol–water partition coefficient (Wildman–Crippen LogP) is 4.03. The smallest absolute Gasteiger partial charge is 0.297 e. The Morgan fingerprint density at radius 1 is 1.19 bits per heavy atom. The van der Waals surface area contributed by atoms with Crippen molar-refractivity contribution in [2.45, 2.75) is 13.3 Å². The van der Waals surface area contributed by atoms with E-state index in [1.54, 1.807) is 60.1 Å². The molecule has 0 unspecified atom stereocenters. The highest BCUT2D eigenvalue weighted by atomic mass is 32.1. The second-order valence-corrected chi connectivity index (χ2v) is 8.06. The summed E-state index contributed by atoms with van der Waals surface area (Å²) in [5, 5.41) is 6.52. The van der Waals surface area contributed by atoms with E-state index in [0.29, 0.717) is 30.8 Å². The van der Waals surface area contributed by atoms with Crippen molar-refractivity contribution in [1.82, 2.24) is 14.5 Å². The first-order valence-corrected chi connectivity index (χ1v) is 10.7. The van der Waals surface area contributed by atoms with Gasteiger partial charge in [-0.25, -0.2) is 14.4 Å². The van der Waals surface area contributed by atoms with Crippen molar-refractivity contribution in [3.63, 3.8) is 0 Å². The zero-order chi connectivity index (χ0) is 22.5. The molecule has 0 aliphatic rings. The van der Waals surface area contributed by atoms with Crippen molar-refractivity contribution < 1.29 is 9.18 Å². The number of carbonyl (C=O) groups is 1. The second-order valence-electron chi connectivity index (χ2n) is 6.97. The standard InChI is InChI=1S/C23H20FN5O2S/c1-15-20(32-22(28-15)16-5-7-17(24)8-6-16)9-10-25-21-23(31)29(12-11-26-21)19-4-2-3-18(13-19)27-14-30/h2-8,11-14H,9-10H2,1H3,(H,25,26)(H,27,30). The Kier molecular flexibility index (Phi) is 6.37. The minimum absolute atomic E-state index is 0.238. The third kappa shape index (κ3) is 4.73. The van der Waals surface area contributed by atoms with E-state index in [4.69, 9.17) is 0 Å². The van der Waals surface area contributed by atoms with Crippen LogP contribution in [0.15, 0.2) is 65.7 Å². The molecular formula is C23H20FN5O2S. The topological polar surface area (TPSA) is 88.9 Å². The minimum Gasteiger partial charge on any atom is -0.365 e. The molecule has 0 saturated carbocycles. The van der Waals surface area contributed by atoms with Crippen molar-refractivity contribution in [2.75, 3.05) is 17.2 Å². The summed E-state index contributed by atoms with van der Waals surface area (Å²) >= 11 is 1.55. The number of aryl methyl sites for hydroxylation is 1. The number of halogens is 1. The molecule has 9 heteroatoms. The number of hydrogen-bond donors (Lipinski definition) is 2. The molecule has 0 radical (unpaired) electrons. The molecule has 2 N–H and O–H groups in total. The lowest BCUT2D eigenvalue weighted by molar-refractivity contribution is -0.105. The summed E-state index contributed by atoms with van der Waals surface area (Å²) in [4.78, 5) is 33.4. The number of rotatable bonds is 8. The van der Waals surface area contributed by atoms with E-state index >= 15 is 0 Å². The van der Waals surface area contributed by atoms with Crippen LogP contribution in [0, 0.1) is 12.7 Å². The third-order valence-corrected chi connectivity index (χ3v) is 6.09. The highest BCUT2D eigenvalue weighted by molar-refractivity contribution is 7.15. The lowest BCUT2D eigenvalue weighted by Crippen LogP contribution is -2.24. The monoisotopic (exact) mass is 449 g/mol. The molecule has 162 valence electrons. The van der Waals surface area contributed by atoms with Gasteiger partial charge >= 0.3 is 0 Å². The fourth-order valence-electron chi connectivity index (χ4n) is 3.22. The minimum atomic E-state index is -0.288. The van der Waals surface area contributed by atoms with Crippen LogP contribution in [0.3, 0.4) is 0 Å². The van der Waals surface area contributed by atoms with Crippen LogP contribution in [0.25, 0.3) is 16.3 Å². The molecule has 1 amide bonds. The first-order chi connectivity index (χ1) is 15.5. The van der Waals surface area contributed by atoms with E-state index in [-0.39, 0.29) is 17.2 Å². The predicted molar refractivity (Wildman–Crippen MR) is 124 cm³/mol. The van der Waals surface area contributed by atoms with Gasteiger partial charge in [0.15, 0.2) is 5.82 Å².